The van der Waals surface area contributed by atoms with E-state index >= 15 is 0 Å². The fourth-order valence-corrected chi connectivity index (χ4v) is 10.8. The molecule has 6 nitrogen and oxygen atoms in total. The van der Waals surface area contributed by atoms with Crippen molar-refractivity contribution in [2.75, 3.05) is 6.61 Å². The largest absolute Gasteiger partial charge is 0.396 e. The summed E-state index contributed by atoms with van der Waals surface area (Å²) in [6.45, 7) is 12.5. The number of aliphatic hydroxyl groups excluding tert-OH is 5. The predicted molar refractivity (Wildman–Crippen MR) is 137 cm³/mol. The highest BCUT2D eigenvalue weighted by Crippen LogP contribution is 2.75. The first-order valence-corrected chi connectivity index (χ1v) is 14.1. The molecule has 0 amide bonds. The van der Waals surface area contributed by atoms with E-state index in [9.17, 15) is 30.3 Å². The van der Waals surface area contributed by atoms with E-state index < -0.39 is 40.7 Å². The van der Waals surface area contributed by atoms with Crippen LogP contribution in [-0.4, -0.2) is 62.8 Å². The highest BCUT2D eigenvalue weighted by atomic mass is 16.3. The molecule has 0 saturated heterocycles. The Morgan fingerprint density at radius 2 is 1.56 bits per heavy atom. The van der Waals surface area contributed by atoms with E-state index in [1.165, 1.54) is 5.57 Å². The van der Waals surface area contributed by atoms with Crippen LogP contribution in [0, 0.1) is 50.2 Å². The van der Waals surface area contributed by atoms with Crippen LogP contribution in [-0.2, 0) is 4.79 Å². The van der Waals surface area contributed by atoms with Gasteiger partial charge in [-0.3, -0.25) is 0 Å². The van der Waals surface area contributed by atoms with Crippen molar-refractivity contribution >= 4 is 6.29 Å². The highest BCUT2D eigenvalue weighted by molar-refractivity contribution is 5.61. The number of allylic oxidation sites excluding steroid dienone is 2. The zero-order valence-electron chi connectivity index (χ0n) is 23.0. The molecular formula is C30H48O6. The van der Waals surface area contributed by atoms with Gasteiger partial charge in [-0.05, 0) is 84.4 Å². The maximum Gasteiger partial charge on any atom is 0.128 e. The molecule has 0 aromatic rings. The second kappa shape index (κ2) is 7.88. The monoisotopic (exact) mass is 504 g/mol. The van der Waals surface area contributed by atoms with Crippen LogP contribution in [0.15, 0.2) is 11.6 Å². The van der Waals surface area contributed by atoms with Crippen LogP contribution in [0.25, 0.3) is 0 Å². The van der Waals surface area contributed by atoms with E-state index in [-0.39, 0.29) is 34.7 Å². The summed E-state index contributed by atoms with van der Waals surface area (Å²) in [5, 5.41) is 55.6. The first-order valence-electron chi connectivity index (χ1n) is 14.1. The molecule has 36 heavy (non-hydrogen) atoms. The summed E-state index contributed by atoms with van der Waals surface area (Å²) in [4.78, 5) is 12.3. The van der Waals surface area contributed by atoms with Crippen LogP contribution >= 0.6 is 0 Å². The second-order valence-electron chi connectivity index (χ2n) is 15.0. The fraction of sp³-hybridized carbons (Fsp3) is 0.900. The minimum absolute atomic E-state index is 0.106. The third kappa shape index (κ3) is 2.89. The topological polar surface area (TPSA) is 118 Å². The summed E-state index contributed by atoms with van der Waals surface area (Å²) in [6, 6.07) is 0. The lowest BCUT2D eigenvalue weighted by Crippen LogP contribution is -2.71. The van der Waals surface area contributed by atoms with Crippen LogP contribution in [0.2, 0.25) is 0 Å². The fourth-order valence-electron chi connectivity index (χ4n) is 10.8. The number of carbonyl (C=O) groups excluding carboxylic acids is 1. The lowest BCUT2D eigenvalue weighted by atomic mass is 9.33. The molecular weight excluding hydrogens is 456 g/mol. The van der Waals surface area contributed by atoms with Gasteiger partial charge < -0.3 is 30.3 Å². The van der Waals surface area contributed by atoms with E-state index in [2.05, 4.69) is 26.8 Å². The van der Waals surface area contributed by atoms with E-state index in [0.717, 1.165) is 32.0 Å². The molecule has 0 radical (unpaired) electrons. The lowest BCUT2D eigenvalue weighted by molar-refractivity contribution is -0.256. The third-order valence-electron chi connectivity index (χ3n) is 13.4. The van der Waals surface area contributed by atoms with Crippen LogP contribution in [0.1, 0.15) is 86.5 Å². The van der Waals surface area contributed by atoms with Crippen LogP contribution in [0.4, 0.5) is 0 Å². The maximum atomic E-state index is 12.3. The van der Waals surface area contributed by atoms with Crippen molar-refractivity contribution in [3.05, 3.63) is 11.6 Å². The normalized spacial score (nSPS) is 58.0. The standard InChI is InChI=1S/C30H48O6/c1-25(2)13-18-17-7-8-20-26(3)11-10-21(33)27(4,15-31)19(26)9-12-28(20,5)29(17,6)14-22(34)30(18,16-32)24(36)23(25)35/h7,15,18-24,32-36H,8-14,16H2,1-6H3. The van der Waals surface area contributed by atoms with Crippen molar-refractivity contribution in [3.63, 3.8) is 0 Å². The molecule has 12 atom stereocenters. The molecule has 5 rings (SSSR count). The highest BCUT2D eigenvalue weighted by Gasteiger charge is 2.72. The Morgan fingerprint density at radius 3 is 2.17 bits per heavy atom. The molecule has 0 aromatic carbocycles. The van der Waals surface area contributed by atoms with Crippen LogP contribution < -0.4 is 0 Å². The van der Waals surface area contributed by atoms with Gasteiger partial charge in [-0.2, -0.15) is 0 Å². The lowest BCUT2D eigenvalue weighted by Gasteiger charge is -2.72. The molecule has 0 spiro atoms. The zero-order chi connectivity index (χ0) is 26.7. The summed E-state index contributed by atoms with van der Waals surface area (Å²) < 4.78 is 0. The minimum atomic E-state index is -1.20. The minimum Gasteiger partial charge on any atom is -0.396 e. The van der Waals surface area contributed by atoms with Gasteiger partial charge >= 0.3 is 0 Å². The van der Waals surface area contributed by atoms with Gasteiger partial charge in [0, 0.05) is 0 Å². The molecule has 6 heteroatoms. The number of hydrogen-bond donors (Lipinski definition) is 5. The third-order valence-corrected chi connectivity index (χ3v) is 13.4. The first-order chi connectivity index (χ1) is 16.6. The Balaban J connectivity index is 1.63. The molecule has 0 heterocycles. The predicted octanol–water partition coefficient (Wildman–Crippen LogP) is 3.23. The van der Waals surface area contributed by atoms with E-state index in [0.29, 0.717) is 25.2 Å². The number of fused-ring (bicyclic) bond motifs is 7. The number of hydrogen-bond acceptors (Lipinski definition) is 6. The van der Waals surface area contributed by atoms with Crippen molar-refractivity contribution in [2.24, 2.45) is 50.2 Å². The second-order valence-corrected chi connectivity index (χ2v) is 15.0. The quantitative estimate of drug-likeness (QED) is 0.291. The molecule has 204 valence electrons. The van der Waals surface area contributed by atoms with Crippen LogP contribution in [0.3, 0.4) is 0 Å². The average molecular weight is 505 g/mol. The molecule has 12 unspecified atom stereocenters. The van der Waals surface area contributed by atoms with Crippen molar-refractivity contribution in [2.45, 2.75) is 111 Å². The Morgan fingerprint density at radius 1 is 0.889 bits per heavy atom. The zero-order valence-corrected chi connectivity index (χ0v) is 23.0. The van der Waals surface area contributed by atoms with Gasteiger partial charge in [-0.25, -0.2) is 0 Å². The van der Waals surface area contributed by atoms with Crippen molar-refractivity contribution < 1.29 is 30.3 Å². The van der Waals surface area contributed by atoms with Gasteiger partial charge in [-0.15, -0.1) is 0 Å². The summed E-state index contributed by atoms with van der Waals surface area (Å²) in [5.41, 5.74) is -1.81. The van der Waals surface area contributed by atoms with E-state index in [1.54, 1.807) is 0 Å². The molecule has 5 aliphatic carbocycles. The number of rotatable bonds is 2. The molecule has 4 saturated carbocycles. The van der Waals surface area contributed by atoms with E-state index in [4.69, 9.17) is 0 Å². The Bertz CT molecular complexity index is 961. The summed E-state index contributed by atoms with van der Waals surface area (Å²) in [6.07, 6.45) is 4.72. The summed E-state index contributed by atoms with van der Waals surface area (Å²) in [5.74, 6) is 0.185. The number of aliphatic hydroxyl groups is 5. The molecule has 0 aliphatic heterocycles. The molecule has 5 N–H and O–H groups in total. The van der Waals surface area contributed by atoms with Crippen molar-refractivity contribution in [1.29, 1.82) is 0 Å². The first kappa shape index (κ1) is 26.8. The van der Waals surface area contributed by atoms with Gasteiger partial charge in [0.1, 0.15) is 6.29 Å². The van der Waals surface area contributed by atoms with E-state index in [1.807, 2.05) is 20.8 Å². The van der Waals surface area contributed by atoms with Gasteiger partial charge in [0.25, 0.3) is 0 Å². The Kier molecular flexibility index (Phi) is 5.86. The number of aldehydes is 1. The average Bonchev–Trinajstić information content (AvgIpc) is 2.81. The van der Waals surface area contributed by atoms with Gasteiger partial charge in [-0.1, -0.05) is 53.2 Å². The van der Waals surface area contributed by atoms with Gasteiger partial charge in [0.15, 0.2) is 0 Å². The smallest absolute Gasteiger partial charge is 0.128 e. The maximum absolute atomic E-state index is 12.3. The van der Waals surface area contributed by atoms with Crippen LogP contribution in [0.5, 0.6) is 0 Å². The Labute approximate surface area is 216 Å². The molecule has 0 aromatic heterocycles. The van der Waals surface area contributed by atoms with Gasteiger partial charge in [0.05, 0.1) is 41.9 Å². The number of carbonyl (C=O) groups is 1. The van der Waals surface area contributed by atoms with Gasteiger partial charge in [0.2, 0.25) is 0 Å². The SMILES string of the molecule is CC1(C)CC2C3=CCC4C5(C)CCC(O)C(C)(C=O)C5CCC4(C)C3(C)CC(O)C2(CO)C(O)C1O. The molecule has 4 fully saturated rings. The summed E-state index contributed by atoms with van der Waals surface area (Å²) >= 11 is 0. The summed E-state index contributed by atoms with van der Waals surface area (Å²) in [7, 11) is 0. The van der Waals surface area contributed by atoms with Crippen molar-refractivity contribution in [3.8, 4) is 0 Å². The Hall–Kier alpha value is -0.790. The molecule has 5 aliphatic rings. The van der Waals surface area contributed by atoms with Crippen molar-refractivity contribution in [1.82, 2.24) is 0 Å². The molecule has 0 bridgehead atoms.